The lowest BCUT2D eigenvalue weighted by Crippen LogP contribution is -2.00. The molecule has 1 heterocycles. The van der Waals surface area contributed by atoms with Gasteiger partial charge in [-0.1, -0.05) is 0 Å². The Labute approximate surface area is 51.0 Å². The van der Waals surface area contributed by atoms with Crippen LogP contribution in [0.4, 0.5) is 0 Å². The second-order valence-corrected chi connectivity index (χ2v) is 1.42. The van der Waals surface area contributed by atoms with Crippen LogP contribution >= 0.6 is 0 Å². The van der Waals surface area contributed by atoms with E-state index in [1.54, 1.807) is 0 Å². The molecule has 1 aromatic rings. The molecule has 0 aliphatic carbocycles. The van der Waals surface area contributed by atoms with Crippen molar-refractivity contribution in [2.45, 2.75) is 6.29 Å². The van der Waals surface area contributed by atoms with Crippen LogP contribution in [0.1, 0.15) is 12.0 Å². The molecule has 0 unspecified atom stereocenters. The molecule has 0 aliphatic rings. The van der Waals surface area contributed by atoms with E-state index in [1.807, 2.05) is 0 Å². The van der Waals surface area contributed by atoms with Gasteiger partial charge in [-0.05, 0) is 11.3 Å². The highest BCUT2D eigenvalue weighted by atomic mass is 16.5. The van der Waals surface area contributed by atoms with Crippen molar-refractivity contribution in [2.24, 2.45) is 0 Å². The molecule has 5 heteroatoms. The van der Waals surface area contributed by atoms with Crippen molar-refractivity contribution >= 4 is 0 Å². The summed E-state index contributed by atoms with van der Waals surface area (Å²) in [5, 5.41) is 26.7. The normalized spacial score (nSPS) is 10.1. The number of aromatic nitrogens is 3. The molecule has 1 aromatic heterocycles. The Morgan fingerprint density at radius 1 is 1.44 bits per heavy atom. The maximum atomic E-state index is 8.45. The zero-order chi connectivity index (χ0) is 6.69. The van der Waals surface area contributed by atoms with E-state index >= 15 is 0 Å². The lowest BCUT2D eigenvalue weighted by atomic mass is 10.4. The second kappa shape index (κ2) is 2.47. The van der Waals surface area contributed by atoms with Gasteiger partial charge in [0, 0.05) is 0 Å². The van der Waals surface area contributed by atoms with Crippen LogP contribution < -0.4 is 0 Å². The molecule has 0 saturated carbocycles. The highest BCUT2D eigenvalue weighted by Crippen LogP contribution is 1.99. The van der Waals surface area contributed by atoms with Gasteiger partial charge in [0.05, 0.1) is 6.20 Å². The van der Waals surface area contributed by atoms with Crippen LogP contribution in [-0.4, -0.2) is 25.6 Å². The van der Waals surface area contributed by atoms with E-state index in [2.05, 4.69) is 15.4 Å². The van der Waals surface area contributed by atoms with Crippen LogP contribution in [0, 0.1) is 0 Å². The van der Waals surface area contributed by atoms with Crippen LogP contribution in [0.15, 0.2) is 12.3 Å². The Hall–Kier alpha value is -1.07. The number of hydrogen-bond acceptors (Lipinski definition) is 5. The number of aliphatic hydroxyl groups is 2. The third kappa shape index (κ3) is 1.41. The first-order valence-corrected chi connectivity index (χ1v) is 2.31. The van der Waals surface area contributed by atoms with Crippen molar-refractivity contribution in [3.05, 3.63) is 18.0 Å². The SMILES string of the molecule is OC(O)c1ccnnn1. The average Bonchev–Trinajstić information content (AvgIpc) is 1.90. The molecule has 9 heavy (non-hydrogen) atoms. The van der Waals surface area contributed by atoms with E-state index in [0.717, 1.165) is 0 Å². The molecule has 48 valence electrons. The molecular weight excluding hydrogens is 122 g/mol. The Balaban J connectivity index is 2.85. The topological polar surface area (TPSA) is 79.1 Å². The number of hydrogen-bond donors (Lipinski definition) is 2. The van der Waals surface area contributed by atoms with Gasteiger partial charge in [-0.3, -0.25) is 0 Å². The van der Waals surface area contributed by atoms with Gasteiger partial charge in [0.2, 0.25) is 0 Å². The molecule has 0 aromatic carbocycles. The molecule has 0 bridgehead atoms. The molecule has 0 amide bonds. The van der Waals surface area contributed by atoms with Crippen molar-refractivity contribution in [1.82, 2.24) is 15.4 Å². The average molecular weight is 127 g/mol. The highest BCUT2D eigenvalue weighted by molar-refractivity contribution is 4.95. The molecule has 0 saturated heterocycles. The summed E-state index contributed by atoms with van der Waals surface area (Å²) in [6.45, 7) is 0. The molecule has 0 spiro atoms. The Morgan fingerprint density at radius 2 is 2.22 bits per heavy atom. The molecule has 0 fully saturated rings. The minimum Gasteiger partial charge on any atom is -0.363 e. The monoisotopic (exact) mass is 127 g/mol. The number of nitrogens with zero attached hydrogens (tertiary/aromatic N) is 3. The smallest absolute Gasteiger partial charge is 0.198 e. The Morgan fingerprint density at radius 3 is 2.56 bits per heavy atom. The zero-order valence-electron chi connectivity index (χ0n) is 4.47. The van der Waals surface area contributed by atoms with E-state index in [9.17, 15) is 0 Å². The summed E-state index contributed by atoms with van der Waals surface area (Å²) in [6.07, 6.45) is -0.220. The van der Waals surface area contributed by atoms with Crippen molar-refractivity contribution < 1.29 is 10.2 Å². The first kappa shape index (κ1) is 6.06. The van der Waals surface area contributed by atoms with Gasteiger partial charge >= 0.3 is 0 Å². The van der Waals surface area contributed by atoms with Crippen molar-refractivity contribution in [3.8, 4) is 0 Å². The van der Waals surface area contributed by atoms with E-state index < -0.39 is 6.29 Å². The summed E-state index contributed by atoms with van der Waals surface area (Å²) in [6, 6.07) is 1.37. The lowest BCUT2D eigenvalue weighted by molar-refractivity contribution is -0.0466. The lowest BCUT2D eigenvalue weighted by Gasteiger charge is -1.96. The van der Waals surface area contributed by atoms with Gasteiger partial charge < -0.3 is 10.2 Å². The minimum atomic E-state index is -1.56. The Kier molecular flexibility index (Phi) is 1.66. The maximum Gasteiger partial charge on any atom is 0.198 e. The molecule has 5 nitrogen and oxygen atoms in total. The summed E-state index contributed by atoms with van der Waals surface area (Å²) in [4.78, 5) is 0. The third-order valence-electron chi connectivity index (χ3n) is 0.788. The van der Waals surface area contributed by atoms with E-state index in [1.165, 1.54) is 12.3 Å². The summed E-state index contributed by atoms with van der Waals surface area (Å²) in [7, 11) is 0. The van der Waals surface area contributed by atoms with Crippen LogP contribution in [0.5, 0.6) is 0 Å². The van der Waals surface area contributed by atoms with Crippen LogP contribution in [0.3, 0.4) is 0 Å². The molecule has 1 rings (SSSR count). The van der Waals surface area contributed by atoms with E-state index in [4.69, 9.17) is 10.2 Å². The van der Waals surface area contributed by atoms with E-state index in [-0.39, 0.29) is 5.69 Å². The Bertz CT molecular complexity index is 176. The zero-order valence-corrected chi connectivity index (χ0v) is 4.47. The van der Waals surface area contributed by atoms with Gasteiger partial charge in [0.1, 0.15) is 5.69 Å². The molecular formula is C4H5N3O2. The van der Waals surface area contributed by atoms with Crippen LogP contribution in [-0.2, 0) is 0 Å². The van der Waals surface area contributed by atoms with Gasteiger partial charge in [-0.2, -0.15) is 0 Å². The summed E-state index contributed by atoms with van der Waals surface area (Å²) >= 11 is 0. The molecule has 0 atom stereocenters. The molecule has 0 radical (unpaired) electrons. The number of aliphatic hydroxyl groups excluding tert-OH is 1. The van der Waals surface area contributed by atoms with Gasteiger partial charge in [0.25, 0.3) is 0 Å². The van der Waals surface area contributed by atoms with Crippen LogP contribution in [0.25, 0.3) is 0 Å². The third-order valence-corrected chi connectivity index (χ3v) is 0.788. The van der Waals surface area contributed by atoms with Crippen molar-refractivity contribution in [1.29, 1.82) is 0 Å². The molecule has 2 N–H and O–H groups in total. The van der Waals surface area contributed by atoms with Gasteiger partial charge in [-0.15, -0.1) is 10.2 Å². The summed E-state index contributed by atoms with van der Waals surface area (Å²) < 4.78 is 0. The second-order valence-electron chi connectivity index (χ2n) is 1.42. The van der Waals surface area contributed by atoms with E-state index in [0.29, 0.717) is 0 Å². The first-order chi connectivity index (χ1) is 4.30. The predicted molar refractivity (Wildman–Crippen MR) is 27.0 cm³/mol. The summed E-state index contributed by atoms with van der Waals surface area (Å²) in [5.41, 5.74) is 0.102. The predicted octanol–water partition coefficient (Wildman–Crippen LogP) is -1.15. The fraction of sp³-hybridized carbons (Fsp3) is 0.250. The largest absolute Gasteiger partial charge is 0.363 e. The highest BCUT2D eigenvalue weighted by Gasteiger charge is 2.01. The standard InChI is InChI=1S/C4H5N3O2/c8-4(9)3-1-2-5-7-6-3/h1-2,4,8-9H. The minimum absolute atomic E-state index is 0.102. The van der Waals surface area contributed by atoms with Gasteiger partial charge in [0.15, 0.2) is 6.29 Å². The van der Waals surface area contributed by atoms with Crippen molar-refractivity contribution in [2.75, 3.05) is 0 Å². The quantitative estimate of drug-likeness (QED) is 0.466. The van der Waals surface area contributed by atoms with Crippen molar-refractivity contribution in [3.63, 3.8) is 0 Å². The number of rotatable bonds is 1. The van der Waals surface area contributed by atoms with Crippen LogP contribution in [0.2, 0.25) is 0 Å². The molecule has 0 aliphatic heterocycles. The maximum absolute atomic E-state index is 8.45. The fourth-order valence-electron chi connectivity index (χ4n) is 0.388. The first-order valence-electron chi connectivity index (χ1n) is 2.31. The summed E-state index contributed by atoms with van der Waals surface area (Å²) in [5.74, 6) is 0. The van der Waals surface area contributed by atoms with Gasteiger partial charge in [-0.25, -0.2) is 0 Å². The fourth-order valence-corrected chi connectivity index (χ4v) is 0.388.